The Morgan fingerprint density at radius 2 is 2.05 bits per heavy atom. The number of hydrogen-bond acceptors (Lipinski definition) is 4. The van der Waals surface area contributed by atoms with Crippen molar-refractivity contribution < 1.29 is 14.3 Å². The third-order valence-corrected chi connectivity index (χ3v) is 3.07. The highest BCUT2D eigenvalue weighted by molar-refractivity contribution is 6.07. The van der Waals surface area contributed by atoms with Crippen LogP contribution in [0.25, 0.3) is 6.08 Å². The molecule has 110 valence electrons. The largest absolute Gasteiger partial charge is 0.493 e. The van der Waals surface area contributed by atoms with Crippen LogP contribution < -0.4 is 9.47 Å². The van der Waals surface area contributed by atoms with Gasteiger partial charge in [-0.05, 0) is 37.3 Å². The maximum absolute atomic E-state index is 12.2. The van der Waals surface area contributed by atoms with Gasteiger partial charge in [0.05, 0.1) is 20.4 Å². The van der Waals surface area contributed by atoms with E-state index in [1.54, 1.807) is 49.4 Å². The van der Waals surface area contributed by atoms with Crippen molar-refractivity contribution in [2.75, 3.05) is 14.2 Å². The van der Waals surface area contributed by atoms with Crippen LogP contribution in [0.4, 0.5) is 0 Å². The second-order valence-electron chi connectivity index (χ2n) is 4.40. The fourth-order valence-corrected chi connectivity index (χ4v) is 1.90. The van der Waals surface area contributed by atoms with Gasteiger partial charge >= 0.3 is 0 Å². The summed E-state index contributed by atoms with van der Waals surface area (Å²) in [6.45, 7) is 2.81. The molecule has 0 bridgehead atoms. The van der Waals surface area contributed by atoms with E-state index in [1.165, 1.54) is 6.08 Å². The minimum Gasteiger partial charge on any atom is -0.493 e. The predicted molar refractivity (Wildman–Crippen MR) is 80.8 cm³/mol. The predicted octanol–water partition coefficient (Wildman–Crippen LogP) is 2.82. The van der Waals surface area contributed by atoms with Gasteiger partial charge in [-0.15, -0.1) is 0 Å². The maximum Gasteiger partial charge on any atom is 0.185 e. The van der Waals surface area contributed by atoms with Crippen molar-refractivity contribution in [3.05, 3.63) is 47.8 Å². The van der Waals surface area contributed by atoms with Crippen LogP contribution in [0.3, 0.4) is 0 Å². The average molecular weight is 286 g/mol. The number of carbonyl (C=O) groups excluding carboxylic acids is 1. The fraction of sp³-hybridized carbons (Fsp3) is 0.250. The number of nitrogens with zero attached hydrogens (tertiary/aromatic N) is 2. The molecule has 0 saturated heterocycles. The zero-order valence-electron chi connectivity index (χ0n) is 12.4. The lowest BCUT2D eigenvalue weighted by atomic mass is 10.1. The number of aromatic nitrogens is 2. The van der Waals surface area contributed by atoms with Crippen LogP contribution in [0, 0.1) is 0 Å². The molecule has 1 aromatic carbocycles. The van der Waals surface area contributed by atoms with Crippen LogP contribution in [-0.4, -0.2) is 29.8 Å². The van der Waals surface area contributed by atoms with Gasteiger partial charge < -0.3 is 9.47 Å². The van der Waals surface area contributed by atoms with E-state index in [-0.39, 0.29) is 5.78 Å². The summed E-state index contributed by atoms with van der Waals surface area (Å²) in [6.07, 6.45) is 6.89. The summed E-state index contributed by atoms with van der Waals surface area (Å²) in [5.74, 6) is 1.04. The summed E-state index contributed by atoms with van der Waals surface area (Å²) >= 11 is 0. The van der Waals surface area contributed by atoms with Crippen molar-refractivity contribution in [3.63, 3.8) is 0 Å². The van der Waals surface area contributed by atoms with E-state index in [0.29, 0.717) is 17.1 Å². The van der Waals surface area contributed by atoms with Gasteiger partial charge in [0.25, 0.3) is 0 Å². The number of benzene rings is 1. The molecule has 0 aliphatic heterocycles. The van der Waals surface area contributed by atoms with Crippen molar-refractivity contribution in [3.8, 4) is 11.5 Å². The number of hydrogen-bond donors (Lipinski definition) is 0. The van der Waals surface area contributed by atoms with Crippen LogP contribution in [-0.2, 0) is 6.54 Å². The monoisotopic (exact) mass is 286 g/mol. The van der Waals surface area contributed by atoms with E-state index in [0.717, 1.165) is 12.1 Å². The van der Waals surface area contributed by atoms with Crippen molar-refractivity contribution in [2.45, 2.75) is 13.5 Å². The molecule has 0 aliphatic rings. The van der Waals surface area contributed by atoms with E-state index in [9.17, 15) is 4.79 Å². The summed E-state index contributed by atoms with van der Waals surface area (Å²) in [4.78, 5) is 12.2. The Labute approximate surface area is 123 Å². The SMILES string of the molecule is CCn1cc(/C=C/C(=O)c2ccc(OC)c(OC)c2)cn1. The Morgan fingerprint density at radius 3 is 2.67 bits per heavy atom. The lowest BCUT2D eigenvalue weighted by Gasteiger charge is -2.07. The van der Waals surface area contributed by atoms with Gasteiger partial charge in [-0.25, -0.2) is 0 Å². The standard InChI is InChI=1S/C16H18N2O3/c1-4-18-11-12(10-17-18)5-7-14(19)13-6-8-15(20-2)16(9-13)21-3/h5-11H,4H2,1-3H3/b7-5+. The van der Waals surface area contributed by atoms with E-state index in [1.807, 2.05) is 13.1 Å². The van der Waals surface area contributed by atoms with Gasteiger partial charge in [0, 0.05) is 23.9 Å². The Balaban J connectivity index is 2.16. The average Bonchev–Trinajstić information content (AvgIpc) is 2.99. The molecule has 0 saturated carbocycles. The third kappa shape index (κ3) is 3.51. The molecular formula is C16H18N2O3. The highest BCUT2D eigenvalue weighted by atomic mass is 16.5. The Kier molecular flexibility index (Phi) is 4.77. The van der Waals surface area contributed by atoms with Crippen molar-refractivity contribution in [1.82, 2.24) is 9.78 Å². The number of ketones is 1. The van der Waals surface area contributed by atoms with Crippen molar-refractivity contribution in [2.24, 2.45) is 0 Å². The number of carbonyl (C=O) groups is 1. The van der Waals surface area contributed by atoms with E-state index in [4.69, 9.17) is 9.47 Å². The first-order valence-corrected chi connectivity index (χ1v) is 6.64. The van der Waals surface area contributed by atoms with E-state index >= 15 is 0 Å². The molecule has 0 N–H and O–H groups in total. The number of aryl methyl sites for hydroxylation is 1. The first-order chi connectivity index (χ1) is 10.2. The van der Waals surface area contributed by atoms with Crippen molar-refractivity contribution >= 4 is 11.9 Å². The third-order valence-electron chi connectivity index (χ3n) is 3.07. The molecule has 1 aromatic heterocycles. The Morgan fingerprint density at radius 1 is 1.29 bits per heavy atom. The molecular weight excluding hydrogens is 268 g/mol. The summed E-state index contributed by atoms with van der Waals surface area (Å²) in [5.41, 5.74) is 1.44. The second-order valence-corrected chi connectivity index (χ2v) is 4.40. The zero-order chi connectivity index (χ0) is 15.2. The van der Waals surface area contributed by atoms with Gasteiger partial charge in [0.1, 0.15) is 0 Å². The van der Waals surface area contributed by atoms with Gasteiger partial charge in [0.15, 0.2) is 17.3 Å². The van der Waals surface area contributed by atoms with Crippen LogP contribution in [0.5, 0.6) is 11.5 Å². The second kappa shape index (κ2) is 6.74. The maximum atomic E-state index is 12.2. The quantitative estimate of drug-likeness (QED) is 0.605. The fourth-order valence-electron chi connectivity index (χ4n) is 1.90. The summed E-state index contributed by atoms with van der Waals surface area (Å²) in [7, 11) is 3.10. The van der Waals surface area contributed by atoms with Crippen molar-refractivity contribution in [1.29, 1.82) is 0 Å². The van der Waals surface area contributed by atoms with E-state index in [2.05, 4.69) is 5.10 Å². The van der Waals surface area contributed by atoms with Crippen LogP contribution in [0.2, 0.25) is 0 Å². The summed E-state index contributed by atoms with van der Waals surface area (Å²) in [5, 5.41) is 4.15. The highest BCUT2D eigenvalue weighted by Crippen LogP contribution is 2.27. The molecule has 2 rings (SSSR count). The molecule has 0 spiro atoms. The topological polar surface area (TPSA) is 53.4 Å². The minimum absolute atomic E-state index is 0.0970. The molecule has 0 fully saturated rings. The minimum atomic E-state index is -0.0970. The first kappa shape index (κ1) is 14.8. The highest BCUT2D eigenvalue weighted by Gasteiger charge is 2.08. The molecule has 0 aliphatic carbocycles. The van der Waals surface area contributed by atoms with Crippen LogP contribution in [0.15, 0.2) is 36.7 Å². The number of rotatable bonds is 6. The number of methoxy groups -OCH3 is 2. The number of allylic oxidation sites excluding steroid dienone is 1. The van der Waals surface area contributed by atoms with Gasteiger partial charge in [-0.2, -0.15) is 5.10 Å². The molecule has 5 heteroatoms. The smallest absolute Gasteiger partial charge is 0.185 e. The lowest BCUT2D eigenvalue weighted by molar-refractivity contribution is 0.104. The molecule has 5 nitrogen and oxygen atoms in total. The molecule has 2 aromatic rings. The first-order valence-electron chi connectivity index (χ1n) is 6.64. The van der Waals surface area contributed by atoms with E-state index < -0.39 is 0 Å². The van der Waals surface area contributed by atoms with Crippen LogP contribution >= 0.6 is 0 Å². The molecule has 1 heterocycles. The van der Waals surface area contributed by atoms with Gasteiger partial charge in [-0.3, -0.25) is 9.48 Å². The van der Waals surface area contributed by atoms with Gasteiger partial charge in [-0.1, -0.05) is 0 Å². The molecule has 21 heavy (non-hydrogen) atoms. The zero-order valence-corrected chi connectivity index (χ0v) is 12.4. The Bertz CT molecular complexity index is 659. The number of ether oxygens (including phenoxy) is 2. The molecule has 0 radical (unpaired) electrons. The van der Waals surface area contributed by atoms with Gasteiger partial charge in [0.2, 0.25) is 0 Å². The Hall–Kier alpha value is -2.56. The molecule has 0 amide bonds. The summed E-state index contributed by atoms with van der Waals surface area (Å²) < 4.78 is 12.1. The van der Waals surface area contributed by atoms with Crippen LogP contribution in [0.1, 0.15) is 22.8 Å². The summed E-state index contributed by atoms with van der Waals surface area (Å²) in [6, 6.07) is 5.10. The normalized spacial score (nSPS) is 10.8. The lowest BCUT2D eigenvalue weighted by Crippen LogP contribution is -1.97. The molecule has 0 atom stereocenters. The molecule has 0 unspecified atom stereocenters.